The summed E-state index contributed by atoms with van der Waals surface area (Å²) in [7, 11) is -1.30. The zero-order valence-electron chi connectivity index (χ0n) is 12.1. The number of piperidine rings is 1. The zero-order valence-corrected chi connectivity index (χ0v) is 15.3. The van der Waals surface area contributed by atoms with E-state index in [1.54, 1.807) is 17.4 Å². The molecule has 1 heterocycles. The Morgan fingerprint density at radius 2 is 2.00 bits per heavy atom. The molecule has 0 spiro atoms. The highest BCUT2D eigenvalue weighted by molar-refractivity contribution is 14.0. The molecule has 0 aromatic carbocycles. The monoisotopic (exact) mass is 416 g/mol. The molecule has 1 saturated heterocycles. The summed E-state index contributed by atoms with van der Waals surface area (Å²) in [6.45, 7) is 6.36. The van der Waals surface area contributed by atoms with Gasteiger partial charge in [0.2, 0.25) is 10.0 Å². The zero-order chi connectivity index (χ0) is 14.3. The van der Waals surface area contributed by atoms with Gasteiger partial charge in [-0.3, -0.25) is 4.99 Å². The number of guanidine groups is 1. The number of hydrogen-bond acceptors (Lipinski definition) is 3. The van der Waals surface area contributed by atoms with Crippen LogP contribution in [0.4, 0.5) is 0 Å². The Labute approximate surface area is 139 Å². The second kappa shape index (κ2) is 9.56. The normalized spacial score (nSPS) is 18.2. The molecule has 8 heteroatoms. The summed E-state index contributed by atoms with van der Waals surface area (Å²) in [5.41, 5.74) is 0. The summed E-state index contributed by atoms with van der Waals surface area (Å²) in [5.74, 6) is 1.24. The molecule has 20 heavy (non-hydrogen) atoms. The van der Waals surface area contributed by atoms with Crippen molar-refractivity contribution in [2.24, 2.45) is 10.9 Å². The Morgan fingerprint density at radius 1 is 1.40 bits per heavy atom. The van der Waals surface area contributed by atoms with Crippen LogP contribution < -0.4 is 10.6 Å². The first-order valence-corrected chi connectivity index (χ1v) is 8.32. The van der Waals surface area contributed by atoms with Crippen LogP contribution in [0.1, 0.15) is 12.8 Å². The summed E-state index contributed by atoms with van der Waals surface area (Å²) >= 11 is 0. The van der Waals surface area contributed by atoms with Gasteiger partial charge in [0.05, 0.1) is 6.26 Å². The number of rotatable bonds is 5. The molecular formula is C12H25IN4O2S. The van der Waals surface area contributed by atoms with Gasteiger partial charge in [-0.25, -0.2) is 12.7 Å². The van der Waals surface area contributed by atoms with Gasteiger partial charge in [0.15, 0.2) is 5.96 Å². The van der Waals surface area contributed by atoms with Gasteiger partial charge >= 0.3 is 0 Å². The smallest absolute Gasteiger partial charge is 0.211 e. The fraction of sp³-hybridized carbons (Fsp3) is 0.750. The largest absolute Gasteiger partial charge is 0.356 e. The van der Waals surface area contributed by atoms with Crippen LogP contribution in [0.2, 0.25) is 0 Å². The van der Waals surface area contributed by atoms with Crippen molar-refractivity contribution in [2.75, 3.05) is 39.5 Å². The predicted octanol–water partition coefficient (Wildman–Crippen LogP) is 0.627. The second-order valence-electron chi connectivity index (χ2n) is 4.73. The molecule has 0 bridgehead atoms. The van der Waals surface area contributed by atoms with Crippen molar-refractivity contribution >= 4 is 40.0 Å². The van der Waals surface area contributed by atoms with E-state index in [0.717, 1.165) is 25.3 Å². The molecular weight excluding hydrogens is 391 g/mol. The van der Waals surface area contributed by atoms with Crippen molar-refractivity contribution in [3.8, 4) is 0 Å². The lowest BCUT2D eigenvalue weighted by molar-refractivity contribution is 0.275. The molecule has 0 aromatic heterocycles. The lowest BCUT2D eigenvalue weighted by Gasteiger charge is -2.30. The number of halogens is 1. The maximum Gasteiger partial charge on any atom is 0.211 e. The molecule has 0 amide bonds. The maximum atomic E-state index is 11.4. The van der Waals surface area contributed by atoms with E-state index in [9.17, 15) is 8.42 Å². The van der Waals surface area contributed by atoms with Crippen LogP contribution in [0.3, 0.4) is 0 Å². The average Bonchev–Trinajstić information content (AvgIpc) is 2.38. The summed E-state index contributed by atoms with van der Waals surface area (Å²) in [5, 5.41) is 6.36. The van der Waals surface area contributed by atoms with Crippen molar-refractivity contribution in [3.63, 3.8) is 0 Å². The summed E-state index contributed by atoms with van der Waals surface area (Å²) < 4.78 is 24.3. The third-order valence-corrected chi connectivity index (χ3v) is 4.54. The molecule has 2 N–H and O–H groups in total. The van der Waals surface area contributed by atoms with Crippen LogP contribution in [-0.2, 0) is 10.0 Å². The summed E-state index contributed by atoms with van der Waals surface area (Å²) in [6.07, 6.45) is 4.82. The van der Waals surface area contributed by atoms with Gasteiger partial charge in [-0.15, -0.1) is 30.6 Å². The number of aliphatic imine (C=N–C) groups is 1. The second-order valence-corrected chi connectivity index (χ2v) is 6.71. The molecule has 1 fully saturated rings. The quantitative estimate of drug-likeness (QED) is 0.299. The van der Waals surface area contributed by atoms with E-state index < -0.39 is 10.0 Å². The number of nitrogens with zero attached hydrogens (tertiary/aromatic N) is 2. The summed E-state index contributed by atoms with van der Waals surface area (Å²) in [6, 6.07) is 0. The fourth-order valence-electron chi connectivity index (χ4n) is 2.08. The van der Waals surface area contributed by atoms with Gasteiger partial charge in [-0.1, -0.05) is 6.08 Å². The van der Waals surface area contributed by atoms with E-state index in [2.05, 4.69) is 22.2 Å². The summed E-state index contributed by atoms with van der Waals surface area (Å²) in [4.78, 5) is 4.10. The topological polar surface area (TPSA) is 73.8 Å². The van der Waals surface area contributed by atoms with Crippen LogP contribution in [0.5, 0.6) is 0 Å². The number of hydrogen-bond donors (Lipinski definition) is 2. The molecule has 118 valence electrons. The van der Waals surface area contributed by atoms with Gasteiger partial charge in [0.25, 0.3) is 0 Å². The first kappa shape index (κ1) is 19.7. The molecule has 1 aliphatic rings. The van der Waals surface area contributed by atoms with E-state index >= 15 is 0 Å². The maximum absolute atomic E-state index is 11.4. The van der Waals surface area contributed by atoms with Gasteiger partial charge in [0.1, 0.15) is 0 Å². The van der Waals surface area contributed by atoms with Crippen molar-refractivity contribution in [1.82, 2.24) is 14.9 Å². The van der Waals surface area contributed by atoms with E-state index in [4.69, 9.17) is 0 Å². The van der Waals surface area contributed by atoms with Gasteiger partial charge in [0, 0.05) is 33.2 Å². The molecule has 0 aliphatic carbocycles. The molecule has 0 saturated carbocycles. The lowest BCUT2D eigenvalue weighted by atomic mass is 9.98. The Balaban J connectivity index is 0.00000361. The SMILES string of the molecule is C=CCNC(=NC)NCC1CCN(S(C)(=O)=O)CC1.I. The van der Waals surface area contributed by atoms with Crippen LogP contribution in [-0.4, -0.2) is 58.2 Å². The minimum absolute atomic E-state index is 0. The Morgan fingerprint density at radius 3 is 2.45 bits per heavy atom. The molecule has 0 atom stereocenters. The third kappa shape index (κ3) is 6.89. The number of nitrogens with one attached hydrogen (secondary N) is 2. The van der Waals surface area contributed by atoms with Gasteiger partial charge in [-0.05, 0) is 18.8 Å². The van der Waals surface area contributed by atoms with Crippen LogP contribution in [0, 0.1) is 5.92 Å². The minimum atomic E-state index is -3.03. The highest BCUT2D eigenvalue weighted by Crippen LogP contribution is 2.18. The number of sulfonamides is 1. The lowest BCUT2D eigenvalue weighted by Crippen LogP contribution is -2.43. The fourth-order valence-corrected chi connectivity index (χ4v) is 2.95. The Bertz CT molecular complexity index is 417. The highest BCUT2D eigenvalue weighted by atomic mass is 127. The third-order valence-electron chi connectivity index (χ3n) is 3.24. The Hall–Kier alpha value is -0.350. The van der Waals surface area contributed by atoms with E-state index in [1.807, 2.05) is 0 Å². The Kier molecular flexibility index (Phi) is 9.39. The van der Waals surface area contributed by atoms with Crippen molar-refractivity contribution in [3.05, 3.63) is 12.7 Å². The standard InChI is InChI=1S/C12H24N4O2S.HI/c1-4-7-14-12(13-2)15-10-11-5-8-16(9-6-11)19(3,17)18;/h4,11H,1,5-10H2,2-3H3,(H2,13,14,15);1H. The first-order chi connectivity index (χ1) is 8.97. The first-order valence-electron chi connectivity index (χ1n) is 6.48. The molecule has 0 unspecified atom stereocenters. The molecule has 0 aromatic rings. The highest BCUT2D eigenvalue weighted by Gasteiger charge is 2.24. The van der Waals surface area contributed by atoms with E-state index in [0.29, 0.717) is 25.6 Å². The van der Waals surface area contributed by atoms with E-state index in [1.165, 1.54) is 6.26 Å². The minimum Gasteiger partial charge on any atom is -0.356 e. The van der Waals surface area contributed by atoms with Gasteiger partial charge < -0.3 is 10.6 Å². The predicted molar refractivity (Wildman–Crippen MR) is 94.1 cm³/mol. The molecule has 0 radical (unpaired) electrons. The molecule has 6 nitrogen and oxygen atoms in total. The van der Waals surface area contributed by atoms with Crippen molar-refractivity contribution in [1.29, 1.82) is 0 Å². The van der Waals surface area contributed by atoms with Crippen LogP contribution in [0.25, 0.3) is 0 Å². The van der Waals surface area contributed by atoms with Crippen molar-refractivity contribution in [2.45, 2.75) is 12.8 Å². The molecule has 1 aliphatic heterocycles. The van der Waals surface area contributed by atoms with Gasteiger partial charge in [-0.2, -0.15) is 0 Å². The van der Waals surface area contributed by atoms with E-state index in [-0.39, 0.29) is 24.0 Å². The average molecular weight is 416 g/mol. The van der Waals surface area contributed by atoms with Crippen LogP contribution in [0.15, 0.2) is 17.6 Å². The van der Waals surface area contributed by atoms with Crippen molar-refractivity contribution < 1.29 is 8.42 Å². The van der Waals surface area contributed by atoms with Crippen LogP contribution >= 0.6 is 24.0 Å². The molecule has 1 rings (SSSR count).